The minimum atomic E-state index is -0.429. The van der Waals surface area contributed by atoms with Crippen LogP contribution >= 0.6 is 0 Å². The number of alkyl carbamates (subject to hydrolysis) is 1. The second kappa shape index (κ2) is 4.86. The second-order valence-electron chi connectivity index (χ2n) is 9.61. The van der Waals surface area contributed by atoms with Gasteiger partial charge >= 0.3 is 6.09 Å². The number of fused-ring (bicyclic) bond motifs is 2. The fraction of sp³-hybridized carbons (Fsp3) is 0.944. The van der Waals surface area contributed by atoms with Crippen molar-refractivity contribution < 1.29 is 9.53 Å². The number of carbonyl (C=O) groups is 1. The molecule has 0 saturated heterocycles. The van der Waals surface area contributed by atoms with E-state index in [0.717, 1.165) is 12.3 Å². The Kier molecular flexibility index (Phi) is 3.56. The Morgan fingerprint density at radius 3 is 2.41 bits per heavy atom. The molecule has 4 nitrogen and oxygen atoms in total. The van der Waals surface area contributed by atoms with Gasteiger partial charge in [0.1, 0.15) is 5.60 Å². The summed E-state index contributed by atoms with van der Waals surface area (Å²) < 4.78 is 5.34. The van der Waals surface area contributed by atoms with Gasteiger partial charge in [-0.15, -0.1) is 0 Å². The van der Waals surface area contributed by atoms with E-state index < -0.39 is 5.60 Å². The molecule has 3 aliphatic rings. The van der Waals surface area contributed by atoms with E-state index in [1.165, 1.54) is 19.3 Å². The Morgan fingerprint density at radius 1 is 1.18 bits per heavy atom. The van der Waals surface area contributed by atoms with Crippen LogP contribution in [0.4, 0.5) is 4.79 Å². The van der Waals surface area contributed by atoms with Gasteiger partial charge in [0.05, 0.1) is 0 Å². The van der Waals surface area contributed by atoms with Gasteiger partial charge in [-0.3, -0.25) is 0 Å². The van der Waals surface area contributed by atoms with Gasteiger partial charge in [0.2, 0.25) is 0 Å². The first kappa shape index (κ1) is 16.1. The van der Waals surface area contributed by atoms with Crippen LogP contribution in [0.5, 0.6) is 0 Å². The number of amides is 1. The number of hydrogen-bond donors (Lipinski definition) is 2. The van der Waals surface area contributed by atoms with Crippen molar-refractivity contribution >= 4 is 6.09 Å². The summed E-state index contributed by atoms with van der Waals surface area (Å²) in [5.74, 6) is 0.853. The van der Waals surface area contributed by atoms with E-state index in [0.29, 0.717) is 22.9 Å². The molecule has 0 aliphatic heterocycles. The fourth-order valence-electron chi connectivity index (χ4n) is 4.93. The molecule has 4 heteroatoms. The number of hydrogen-bond acceptors (Lipinski definition) is 3. The van der Waals surface area contributed by atoms with E-state index >= 15 is 0 Å². The first-order chi connectivity index (χ1) is 10.0. The summed E-state index contributed by atoms with van der Waals surface area (Å²) in [6, 6.07) is 1.20. The molecule has 2 N–H and O–H groups in total. The smallest absolute Gasteiger partial charge is 0.407 e. The van der Waals surface area contributed by atoms with Gasteiger partial charge in [-0.2, -0.15) is 0 Å². The summed E-state index contributed by atoms with van der Waals surface area (Å²) in [5.41, 5.74) is 0.376. The zero-order valence-electron chi connectivity index (χ0n) is 15.0. The van der Waals surface area contributed by atoms with Crippen molar-refractivity contribution in [1.29, 1.82) is 0 Å². The van der Waals surface area contributed by atoms with Crippen LogP contribution in [0.1, 0.15) is 67.2 Å². The average Bonchev–Trinajstić information content (AvgIpc) is 2.85. The van der Waals surface area contributed by atoms with Gasteiger partial charge in [-0.25, -0.2) is 4.79 Å². The highest BCUT2D eigenvalue weighted by Crippen LogP contribution is 2.62. The molecular weight excluding hydrogens is 276 g/mol. The molecule has 3 fully saturated rings. The standard InChI is InChI=1S/C18H32N2O2/c1-16(2,3)22-15(21)20-13-9-12(13)19-14-17(4,5)11-7-8-18(14,6)10-11/h11-14,19H,7-10H2,1-6H3,(H,20,21)/t11-,12?,13?,14?,18+/m0/s1. The summed E-state index contributed by atoms with van der Waals surface area (Å²) >= 11 is 0. The van der Waals surface area contributed by atoms with Crippen molar-refractivity contribution in [3.8, 4) is 0 Å². The van der Waals surface area contributed by atoms with Crippen molar-refractivity contribution in [2.24, 2.45) is 16.7 Å². The Labute approximate surface area is 134 Å². The van der Waals surface area contributed by atoms with E-state index in [9.17, 15) is 4.79 Å². The van der Waals surface area contributed by atoms with E-state index in [-0.39, 0.29) is 12.1 Å². The molecule has 0 spiro atoms. The highest BCUT2D eigenvalue weighted by atomic mass is 16.6. The van der Waals surface area contributed by atoms with Gasteiger partial charge < -0.3 is 15.4 Å². The maximum absolute atomic E-state index is 11.8. The molecule has 22 heavy (non-hydrogen) atoms. The minimum absolute atomic E-state index is 0.230. The molecule has 0 aromatic carbocycles. The van der Waals surface area contributed by atoms with Crippen LogP contribution in [-0.4, -0.2) is 29.8 Å². The molecule has 0 aromatic heterocycles. The maximum Gasteiger partial charge on any atom is 0.407 e. The monoisotopic (exact) mass is 308 g/mol. The van der Waals surface area contributed by atoms with Crippen molar-refractivity contribution in [2.75, 3.05) is 0 Å². The predicted octanol–water partition coefficient (Wildman–Crippen LogP) is 3.46. The quantitative estimate of drug-likeness (QED) is 0.839. The van der Waals surface area contributed by atoms with E-state index in [4.69, 9.17) is 4.74 Å². The fourth-order valence-corrected chi connectivity index (χ4v) is 4.93. The zero-order valence-corrected chi connectivity index (χ0v) is 15.0. The van der Waals surface area contributed by atoms with E-state index in [2.05, 4.69) is 31.4 Å². The van der Waals surface area contributed by atoms with Crippen molar-refractivity contribution in [1.82, 2.24) is 10.6 Å². The van der Waals surface area contributed by atoms with Gasteiger partial charge in [-0.1, -0.05) is 20.8 Å². The molecule has 126 valence electrons. The Hall–Kier alpha value is -0.770. The lowest BCUT2D eigenvalue weighted by atomic mass is 9.68. The van der Waals surface area contributed by atoms with Gasteiger partial charge in [-0.05, 0) is 63.2 Å². The Balaban J connectivity index is 1.53. The van der Waals surface area contributed by atoms with E-state index in [1.54, 1.807) is 0 Å². The van der Waals surface area contributed by atoms with Crippen molar-refractivity contribution in [3.63, 3.8) is 0 Å². The second-order valence-corrected chi connectivity index (χ2v) is 9.61. The Bertz CT molecular complexity index is 463. The molecule has 0 radical (unpaired) electrons. The van der Waals surface area contributed by atoms with Crippen LogP contribution in [0.3, 0.4) is 0 Å². The summed E-state index contributed by atoms with van der Waals surface area (Å²) in [7, 11) is 0. The molecule has 3 aliphatic carbocycles. The molecule has 1 amide bonds. The molecule has 3 rings (SSSR count). The van der Waals surface area contributed by atoms with E-state index in [1.807, 2.05) is 20.8 Å². The molecular formula is C18H32N2O2. The van der Waals surface area contributed by atoms with Crippen LogP contribution in [0.2, 0.25) is 0 Å². The molecule has 5 atom stereocenters. The van der Waals surface area contributed by atoms with Gasteiger partial charge in [0, 0.05) is 18.1 Å². The molecule has 0 aromatic rings. The van der Waals surface area contributed by atoms with Crippen LogP contribution in [-0.2, 0) is 4.74 Å². The predicted molar refractivity (Wildman–Crippen MR) is 87.7 cm³/mol. The van der Waals surface area contributed by atoms with Crippen LogP contribution in [0.15, 0.2) is 0 Å². The summed E-state index contributed by atoms with van der Waals surface area (Å²) in [5, 5.41) is 6.86. The third kappa shape index (κ3) is 2.86. The first-order valence-electron chi connectivity index (χ1n) is 8.77. The summed E-state index contributed by atoms with van der Waals surface area (Å²) in [6.45, 7) is 13.0. The largest absolute Gasteiger partial charge is 0.444 e. The van der Waals surface area contributed by atoms with Crippen LogP contribution in [0.25, 0.3) is 0 Å². The lowest BCUT2D eigenvalue weighted by molar-refractivity contribution is 0.0519. The summed E-state index contributed by atoms with van der Waals surface area (Å²) in [6.07, 6.45) is 4.81. The third-order valence-electron chi connectivity index (χ3n) is 6.14. The number of nitrogens with one attached hydrogen (secondary N) is 2. The SMILES string of the molecule is CC(C)(C)OC(=O)NC1CC1NC1C(C)(C)[C@H]2CC[C@]1(C)C2. The molecule has 2 bridgehead atoms. The van der Waals surface area contributed by atoms with Crippen LogP contribution in [0, 0.1) is 16.7 Å². The average molecular weight is 308 g/mol. The molecule has 3 unspecified atom stereocenters. The lowest BCUT2D eigenvalue weighted by Gasteiger charge is -2.43. The van der Waals surface area contributed by atoms with Crippen LogP contribution < -0.4 is 10.6 Å². The molecule has 0 heterocycles. The summed E-state index contributed by atoms with van der Waals surface area (Å²) in [4.78, 5) is 11.8. The number of ether oxygens (including phenoxy) is 1. The Morgan fingerprint density at radius 2 is 1.86 bits per heavy atom. The normalized spacial score (nSPS) is 42.3. The topological polar surface area (TPSA) is 50.4 Å². The van der Waals surface area contributed by atoms with Crippen molar-refractivity contribution in [2.45, 2.75) is 91.0 Å². The third-order valence-corrected chi connectivity index (χ3v) is 6.14. The number of rotatable bonds is 3. The lowest BCUT2D eigenvalue weighted by Crippen LogP contribution is -2.52. The minimum Gasteiger partial charge on any atom is -0.444 e. The number of carbonyl (C=O) groups excluding carboxylic acids is 1. The van der Waals surface area contributed by atoms with Gasteiger partial charge in [0.25, 0.3) is 0 Å². The van der Waals surface area contributed by atoms with Crippen molar-refractivity contribution in [3.05, 3.63) is 0 Å². The highest BCUT2D eigenvalue weighted by molar-refractivity contribution is 5.68. The first-order valence-corrected chi connectivity index (χ1v) is 8.77. The maximum atomic E-state index is 11.8. The highest BCUT2D eigenvalue weighted by Gasteiger charge is 2.60. The van der Waals surface area contributed by atoms with Gasteiger partial charge in [0.15, 0.2) is 0 Å². The molecule has 3 saturated carbocycles. The zero-order chi connectivity index (χ0) is 16.3.